The standard InChI is InChI=1S/C26H25ClN4O4S/c27-22-11-10-21(36-22)26(35)29-20-15-30(24(33)13-16-4-5-16)14-19(20)28-25(34)17-6-8-18(9-7-17)31-12-2-1-3-23(31)32/h1-3,6-12,16,19-20H,4-5,13-15H2,(H,28,34)(H,29,35)/t19-,20+/m0/s1. The highest BCUT2D eigenvalue weighted by Crippen LogP contribution is 2.33. The Morgan fingerprint density at radius 1 is 0.917 bits per heavy atom. The number of amides is 3. The van der Waals surface area contributed by atoms with Crippen LogP contribution in [0.4, 0.5) is 0 Å². The van der Waals surface area contributed by atoms with Gasteiger partial charge in [0, 0.05) is 43.0 Å². The van der Waals surface area contributed by atoms with Crippen LogP contribution in [0, 0.1) is 5.92 Å². The van der Waals surface area contributed by atoms with E-state index in [0.29, 0.717) is 45.9 Å². The normalized spacial score (nSPS) is 19.2. The number of hydrogen-bond donors (Lipinski definition) is 2. The van der Waals surface area contributed by atoms with Gasteiger partial charge in [0.05, 0.1) is 21.3 Å². The number of benzene rings is 1. The molecule has 2 aromatic heterocycles. The van der Waals surface area contributed by atoms with Gasteiger partial charge in [0.2, 0.25) is 5.91 Å². The molecule has 1 saturated heterocycles. The molecule has 3 aromatic rings. The second kappa shape index (κ2) is 10.3. The van der Waals surface area contributed by atoms with Gasteiger partial charge in [-0.05, 0) is 61.2 Å². The van der Waals surface area contributed by atoms with Crippen molar-refractivity contribution in [1.29, 1.82) is 0 Å². The molecule has 0 spiro atoms. The van der Waals surface area contributed by atoms with Gasteiger partial charge in [-0.25, -0.2) is 0 Å². The fraction of sp³-hybridized carbons (Fsp3) is 0.308. The molecule has 1 aliphatic heterocycles. The average molecular weight is 525 g/mol. The van der Waals surface area contributed by atoms with E-state index < -0.39 is 12.1 Å². The minimum absolute atomic E-state index is 0.0466. The number of likely N-dealkylation sites (tertiary alicyclic amines) is 1. The van der Waals surface area contributed by atoms with Crippen LogP contribution in [0.15, 0.2) is 65.6 Å². The number of aromatic nitrogens is 1. The molecule has 3 heterocycles. The lowest BCUT2D eigenvalue weighted by Crippen LogP contribution is -2.50. The zero-order valence-electron chi connectivity index (χ0n) is 19.4. The van der Waals surface area contributed by atoms with Crippen LogP contribution in [0.25, 0.3) is 5.69 Å². The predicted molar refractivity (Wildman–Crippen MR) is 138 cm³/mol. The van der Waals surface area contributed by atoms with E-state index in [2.05, 4.69) is 10.6 Å². The topological polar surface area (TPSA) is 101 Å². The van der Waals surface area contributed by atoms with E-state index in [9.17, 15) is 19.2 Å². The van der Waals surface area contributed by atoms with Crippen LogP contribution in [0.5, 0.6) is 0 Å². The van der Waals surface area contributed by atoms with E-state index in [-0.39, 0.29) is 23.3 Å². The van der Waals surface area contributed by atoms with Gasteiger partial charge < -0.3 is 15.5 Å². The minimum atomic E-state index is -0.448. The largest absolute Gasteiger partial charge is 0.345 e. The minimum Gasteiger partial charge on any atom is -0.345 e. The number of pyridine rings is 1. The molecule has 5 rings (SSSR count). The Morgan fingerprint density at radius 2 is 1.61 bits per heavy atom. The van der Waals surface area contributed by atoms with Gasteiger partial charge in [0.15, 0.2) is 0 Å². The van der Waals surface area contributed by atoms with Crippen LogP contribution in [0.2, 0.25) is 4.34 Å². The Morgan fingerprint density at radius 3 is 2.22 bits per heavy atom. The van der Waals surface area contributed by atoms with Crippen molar-refractivity contribution in [3.8, 4) is 5.69 Å². The molecule has 1 saturated carbocycles. The zero-order valence-corrected chi connectivity index (χ0v) is 20.9. The molecule has 0 bridgehead atoms. The molecule has 2 atom stereocenters. The van der Waals surface area contributed by atoms with Crippen LogP contribution >= 0.6 is 22.9 Å². The quantitative estimate of drug-likeness (QED) is 0.496. The van der Waals surface area contributed by atoms with E-state index in [0.717, 1.165) is 12.8 Å². The van der Waals surface area contributed by atoms with Crippen LogP contribution in [-0.4, -0.2) is 52.4 Å². The summed E-state index contributed by atoms with van der Waals surface area (Å²) in [7, 11) is 0. The molecule has 2 aliphatic rings. The van der Waals surface area contributed by atoms with Gasteiger partial charge >= 0.3 is 0 Å². The first-order valence-electron chi connectivity index (χ1n) is 11.8. The van der Waals surface area contributed by atoms with Crippen molar-refractivity contribution in [2.45, 2.75) is 31.3 Å². The third-order valence-electron chi connectivity index (χ3n) is 6.49. The second-order valence-electron chi connectivity index (χ2n) is 9.17. The lowest BCUT2D eigenvalue weighted by Gasteiger charge is -2.20. The fourth-order valence-corrected chi connectivity index (χ4v) is 5.29. The van der Waals surface area contributed by atoms with Gasteiger partial charge in [-0.15, -0.1) is 11.3 Å². The molecule has 36 heavy (non-hydrogen) atoms. The maximum absolute atomic E-state index is 13.1. The maximum atomic E-state index is 13.1. The summed E-state index contributed by atoms with van der Waals surface area (Å²) in [5, 5.41) is 5.97. The molecule has 8 nitrogen and oxygen atoms in total. The number of hydrogen-bond acceptors (Lipinski definition) is 5. The van der Waals surface area contributed by atoms with Crippen LogP contribution < -0.4 is 16.2 Å². The number of thiophene rings is 1. The van der Waals surface area contributed by atoms with Gasteiger partial charge in [-0.2, -0.15) is 0 Å². The van der Waals surface area contributed by atoms with Crippen molar-refractivity contribution < 1.29 is 14.4 Å². The van der Waals surface area contributed by atoms with E-state index in [1.165, 1.54) is 22.0 Å². The first-order chi connectivity index (χ1) is 17.4. The molecule has 2 N–H and O–H groups in total. The van der Waals surface area contributed by atoms with Gasteiger partial charge in [0.1, 0.15) is 0 Å². The molecular weight excluding hydrogens is 500 g/mol. The third-order valence-corrected chi connectivity index (χ3v) is 7.72. The smallest absolute Gasteiger partial charge is 0.261 e. The number of rotatable bonds is 7. The predicted octanol–water partition coefficient (Wildman–Crippen LogP) is 3.09. The molecule has 186 valence electrons. The first kappa shape index (κ1) is 24.3. The van der Waals surface area contributed by atoms with Crippen molar-refractivity contribution in [3.63, 3.8) is 0 Å². The Labute approximate surface area is 216 Å². The highest BCUT2D eigenvalue weighted by Gasteiger charge is 2.38. The third kappa shape index (κ3) is 5.52. The Balaban J connectivity index is 1.29. The van der Waals surface area contributed by atoms with Crippen molar-refractivity contribution >= 4 is 40.7 Å². The summed E-state index contributed by atoms with van der Waals surface area (Å²) in [5.41, 5.74) is 0.900. The molecular formula is C26H25ClN4O4S. The Bertz CT molecular complexity index is 1350. The van der Waals surface area contributed by atoms with Crippen LogP contribution in [0.3, 0.4) is 0 Å². The van der Waals surface area contributed by atoms with Crippen molar-refractivity contribution in [3.05, 3.63) is 85.9 Å². The molecule has 10 heteroatoms. The first-order valence-corrected chi connectivity index (χ1v) is 13.0. The summed E-state index contributed by atoms with van der Waals surface area (Å²) >= 11 is 7.15. The number of halogens is 1. The fourth-order valence-electron chi connectivity index (χ4n) is 4.34. The van der Waals surface area contributed by atoms with Gasteiger partial charge in [-0.1, -0.05) is 17.7 Å². The second-order valence-corrected chi connectivity index (χ2v) is 10.9. The monoisotopic (exact) mass is 524 g/mol. The van der Waals surface area contributed by atoms with E-state index in [1.54, 1.807) is 59.6 Å². The van der Waals surface area contributed by atoms with E-state index in [4.69, 9.17) is 11.6 Å². The van der Waals surface area contributed by atoms with Gasteiger partial charge in [-0.3, -0.25) is 23.7 Å². The number of carbonyl (C=O) groups excluding carboxylic acids is 3. The number of carbonyl (C=O) groups is 3. The van der Waals surface area contributed by atoms with Crippen LogP contribution in [0.1, 0.15) is 39.3 Å². The molecule has 1 aromatic carbocycles. The average Bonchev–Trinajstić information content (AvgIpc) is 3.43. The number of nitrogens with one attached hydrogen (secondary N) is 2. The Kier molecular flexibility index (Phi) is 6.93. The summed E-state index contributed by atoms with van der Waals surface area (Å²) in [6.07, 6.45) is 4.31. The summed E-state index contributed by atoms with van der Waals surface area (Å²) in [5.74, 6) is -0.111. The summed E-state index contributed by atoms with van der Waals surface area (Å²) in [6.45, 7) is 0.655. The lowest BCUT2D eigenvalue weighted by atomic mass is 10.1. The van der Waals surface area contributed by atoms with E-state index >= 15 is 0 Å². The summed E-state index contributed by atoms with van der Waals surface area (Å²) in [6, 6.07) is 14.0. The zero-order chi connectivity index (χ0) is 25.2. The van der Waals surface area contributed by atoms with Crippen LogP contribution in [-0.2, 0) is 4.79 Å². The maximum Gasteiger partial charge on any atom is 0.261 e. The lowest BCUT2D eigenvalue weighted by molar-refractivity contribution is -0.130. The van der Waals surface area contributed by atoms with Crippen molar-refractivity contribution in [2.24, 2.45) is 5.92 Å². The van der Waals surface area contributed by atoms with E-state index in [1.807, 2.05) is 0 Å². The molecule has 0 radical (unpaired) electrons. The highest BCUT2D eigenvalue weighted by molar-refractivity contribution is 7.18. The molecule has 3 amide bonds. The van der Waals surface area contributed by atoms with Crippen molar-refractivity contribution in [1.82, 2.24) is 20.1 Å². The SMILES string of the molecule is O=C(N[C@H]1CN(C(=O)CC2CC2)C[C@H]1NC(=O)c1ccc(Cl)s1)c1ccc(-n2ccccc2=O)cc1. The number of nitrogens with zero attached hydrogens (tertiary/aromatic N) is 2. The van der Waals surface area contributed by atoms with Crippen molar-refractivity contribution in [2.75, 3.05) is 13.1 Å². The summed E-state index contributed by atoms with van der Waals surface area (Å²) in [4.78, 5) is 52.9. The molecule has 1 aliphatic carbocycles. The summed E-state index contributed by atoms with van der Waals surface area (Å²) < 4.78 is 2.00. The highest BCUT2D eigenvalue weighted by atomic mass is 35.5. The van der Waals surface area contributed by atoms with Gasteiger partial charge in [0.25, 0.3) is 17.4 Å². The molecule has 2 fully saturated rings. The Hall–Kier alpha value is -3.43. The molecule has 0 unspecified atom stereocenters.